The minimum absolute atomic E-state index is 0.740. The summed E-state index contributed by atoms with van der Waals surface area (Å²) in [7, 11) is 2.01. The number of benzene rings is 1. The zero-order valence-corrected chi connectivity index (χ0v) is 8.01. The van der Waals surface area contributed by atoms with Crippen molar-refractivity contribution in [1.29, 1.82) is 0 Å². The van der Waals surface area contributed by atoms with E-state index >= 15 is 0 Å². The molecule has 0 radical (unpaired) electrons. The third kappa shape index (κ3) is 1.54. The van der Waals surface area contributed by atoms with Gasteiger partial charge in [-0.15, -0.1) is 0 Å². The van der Waals surface area contributed by atoms with Crippen LogP contribution in [0.15, 0.2) is 18.2 Å². The van der Waals surface area contributed by atoms with E-state index in [1.165, 1.54) is 17.5 Å². The Kier molecular flexibility index (Phi) is 2.23. The molecule has 2 rings (SSSR count). The molecule has 1 atom stereocenters. The van der Waals surface area contributed by atoms with Crippen molar-refractivity contribution in [3.05, 3.63) is 29.3 Å². The molecule has 0 saturated carbocycles. The summed E-state index contributed by atoms with van der Waals surface area (Å²) in [6, 6.07) is 6.25. The molecular weight excluding hydrogens is 160 g/mol. The quantitative estimate of drug-likeness (QED) is 0.665. The van der Waals surface area contributed by atoms with Gasteiger partial charge in [0, 0.05) is 5.69 Å². The summed E-state index contributed by atoms with van der Waals surface area (Å²) in [5.74, 6) is 0.740. The molecule has 70 valence electrons. The topological polar surface area (TPSA) is 38.0 Å². The summed E-state index contributed by atoms with van der Waals surface area (Å²) in [6.45, 7) is 1.09. The van der Waals surface area contributed by atoms with Crippen LogP contribution in [0.25, 0.3) is 0 Å². The monoisotopic (exact) mass is 176 g/mol. The summed E-state index contributed by atoms with van der Waals surface area (Å²) in [6.07, 6.45) is 2.32. The molecule has 3 N–H and O–H groups in total. The third-order valence-electron chi connectivity index (χ3n) is 2.80. The number of nitrogens with one attached hydrogen (secondary N) is 1. The van der Waals surface area contributed by atoms with Crippen LogP contribution in [0.4, 0.5) is 5.69 Å². The maximum atomic E-state index is 5.91. The maximum absolute atomic E-state index is 5.91. The van der Waals surface area contributed by atoms with E-state index in [1.54, 1.807) is 0 Å². The molecule has 0 aliphatic heterocycles. The van der Waals surface area contributed by atoms with E-state index in [9.17, 15) is 0 Å². The standard InChI is InChI=1S/C11H16N2/c1-13-7-8-5-9-3-2-4-11(12)10(9)6-8/h2-4,8,13H,5-7,12H2,1H3. The summed E-state index contributed by atoms with van der Waals surface area (Å²) in [5, 5.41) is 3.22. The van der Waals surface area contributed by atoms with Gasteiger partial charge in [0.15, 0.2) is 0 Å². The second-order valence-corrected chi connectivity index (χ2v) is 3.82. The van der Waals surface area contributed by atoms with E-state index < -0.39 is 0 Å². The van der Waals surface area contributed by atoms with Gasteiger partial charge < -0.3 is 11.1 Å². The van der Waals surface area contributed by atoms with Gasteiger partial charge in [0.1, 0.15) is 0 Å². The Labute approximate surface area is 79.1 Å². The first kappa shape index (κ1) is 8.57. The molecule has 0 amide bonds. The number of hydrogen-bond donors (Lipinski definition) is 2. The van der Waals surface area contributed by atoms with Crippen molar-refractivity contribution in [2.75, 3.05) is 19.3 Å². The van der Waals surface area contributed by atoms with Gasteiger partial charge >= 0.3 is 0 Å². The number of fused-ring (bicyclic) bond motifs is 1. The van der Waals surface area contributed by atoms with E-state index in [4.69, 9.17) is 5.73 Å². The first-order valence-corrected chi connectivity index (χ1v) is 4.82. The Balaban J connectivity index is 2.20. The highest BCUT2D eigenvalue weighted by Crippen LogP contribution is 2.30. The van der Waals surface area contributed by atoms with E-state index in [1.807, 2.05) is 13.1 Å². The molecule has 2 nitrogen and oxygen atoms in total. The second-order valence-electron chi connectivity index (χ2n) is 3.82. The lowest BCUT2D eigenvalue weighted by Gasteiger charge is -2.06. The van der Waals surface area contributed by atoms with Gasteiger partial charge in [-0.05, 0) is 49.5 Å². The van der Waals surface area contributed by atoms with Gasteiger partial charge in [-0.3, -0.25) is 0 Å². The van der Waals surface area contributed by atoms with Crippen LogP contribution < -0.4 is 11.1 Å². The molecule has 2 heteroatoms. The highest BCUT2D eigenvalue weighted by molar-refractivity contribution is 5.53. The van der Waals surface area contributed by atoms with Gasteiger partial charge in [0.2, 0.25) is 0 Å². The minimum atomic E-state index is 0.740. The number of hydrogen-bond acceptors (Lipinski definition) is 2. The molecule has 0 bridgehead atoms. The summed E-state index contributed by atoms with van der Waals surface area (Å²) >= 11 is 0. The minimum Gasteiger partial charge on any atom is -0.398 e. The van der Waals surface area contributed by atoms with Crippen molar-refractivity contribution in [1.82, 2.24) is 5.32 Å². The fourth-order valence-corrected chi connectivity index (χ4v) is 2.20. The van der Waals surface area contributed by atoms with Crippen LogP contribution >= 0.6 is 0 Å². The van der Waals surface area contributed by atoms with Crippen molar-refractivity contribution in [2.45, 2.75) is 12.8 Å². The van der Waals surface area contributed by atoms with Crippen LogP contribution in [-0.4, -0.2) is 13.6 Å². The van der Waals surface area contributed by atoms with E-state index in [0.717, 1.165) is 24.6 Å². The molecule has 1 aliphatic rings. The molecule has 0 spiro atoms. The predicted molar refractivity (Wildman–Crippen MR) is 55.7 cm³/mol. The van der Waals surface area contributed by atoms with Crippen LogP contribution in [0, 0.1) is 5.92 Å². The van der Waals surface area contributed by atoms with E-state index in [-0.39, 0.29) is 0 Å². The number of nitrogen functional groups attached to an aromatic ring is 1. The van der Waals surface area contributed by atoms with Crippen LogP contribution in [0.5, 0.6) is 0 Å². The lowest BCUT2D eigenvalue weighted by atomic mass is 10.1. The molecule has 0 aromatic heterocycles. The van der Waals surface area contributed by atoms with E-state index in [0.29, 0.717) is 0 Å². The fraction of sp³-hybridized carbons (Fsp3) is 0.455. The van der Waals surface area contributed by atoms with Gasteiger partial charge in [-0.2, -0.15) is 0 Å². The van der Waals surface area contributed by atoms with Crippen molar-refractivity contribution >= 4 is 5.69 Å². The van der Waals surface area contributed by atoms with Crippen LogP contribution in [0.1, 0.15) is 11.1 Å². The van der Waals surface area contributed by atoms with E-state index in [2.05, 4.69) is 17.4 Å². The zero-order chi connectivity index (χ0) is 9.26. The Bertz CT molecular complexity index is 307. The molecule has 13 heavy (non-hydrogen) atoms. The highest BCUT2D eigenvalue weighted by atomic mass is 14.8. The Morgan fingerprint density at radius 1 is 1.46 bits per heavy atom. The smallest absolute Gasteiger partial charge is 0.0349 e. The molecule has 1 aromatic rings. The van der Waals surface area contributed by atoms with Gasteiger partial charge in [0.05, 0.1) is 0 Å². The van der Waals surface area contributed by atoms with Gasteiger partial charge in [0.25, 0.3) is 0 Å². The zero-order valence-electron chi connectivity index (χ0n) is 8.01. The third-order valence-corrected chi connectivity index (χ3v) is 2.80. The van der Waals surface area contributed by atoms with Crippen molar-refractivity contribution in [2.24, 2.45) is 5.92 Å². The average molecular weight is 176 g/mol. The molecule has 1 unspecified atom stereocenters. The number of anilines is 1. The van der Waals surface area contributed by atoms with Crippen LogP contribution in [-0.2, 0) is 12.8 Å². The number of nitrogens with two attached hydrogens (primary N) is 1. The number of rotatable bonds is 2. The average Bonchev–Trinajstić information content (AvgIpc) is 2.49. The first-order chi connectivity index (χ1) is 6.31. The Hall–Kier alpha value is -1.02. The summed E-state index contributed by atoms with van der Waals surface area (Å²) < 4.78 is 0. The molecule has 1 aliphatic carbocycles. The van der Waals surface area contributed by atoms with Crippen molar-refractivity contribution < 1.29 is 0 Å². The normalized spacial score (nSPS) is 20.2. The lowest BCUT2D eigenvalue weighted by molar-refractivity contribution is 0.527. The molecule has 1 aromatic carbocycles. The largest absolute Gasteiger partial charge is 0.398 e. The molecule has 0 heterocycles. The fourth-order valence-electron chi connectivity index (χ4n) is 2.20. The van der Waals surface area contributed by atoms with Crippen LogP contribution in [0.3, 0.4) is 0 Å². The van der Waals surface area contributed by atoms with Crippen molar-refractivity contribution in [3.63, 3.8) is 0 Å². The highest BCUT2D eigenvalue weighted by Gasteiger charge is 2.21. The SMILES string of the molecule is CNCC1Cc2cccc(N)c2C1. The maximum Gasteiger partial charge on any atom is 0.0349 e. The second kappa shape index (κ2) is 3.38. The van der Waals surface area contributed by atoms with Crippen LogP contribution in [0.2, 0.25) is 0 Å². The molecular formula is C11H16N2. The lowest BCUT2D eigenvalue weighted by Crippen LogP contribution is -2.18. The Morgan fingerprint density at radius 2 is 2.31 bits per heavy atom. The first-order valence-electron chi connectivity index (χ1n) is 4.82. The summed E-state index contributed by atoms with van der Waals surface area (Å²) in [4.78, 5) is 0. The van der Waals surface area contributed by atoms with Gasteiger partial charge in [-0.1, -0.05) is 12.1 Å². The molecule has 0 saturated heterocycles. The van der Waals surface area contributed by atoms with Crippen molar-refractivity contribution in [3.8, 4) is 0 Å². The summed E-state index contributed by atoms with van der Waals surface area (Å²) in [5.41, 5.74) is 9.70. The molecule has 0 fully saturated rings. The van der Waals surface area contributed by atoms with Gasteiger partial charge in [-0.25, -0.2) is 0 Å². The Morgan fingerprint density at radius 3 is 3.00 bits per heavy atom. The predicted octanol–water partition coefficient (Wildman–Crippen LogP) is 1.20.